The number of nitrogens with zero attached hydrogens (tertiary/aromatic N) is 12. The molecule has 8 heterocycles. The van der Waals surface area contributed by atoms with Crippen molar-refractivity contribution in [2.24, 2.45) is 0 Å². The van der Waals surface area contributed by atoms with E-state index in [4.69, 9.17) is 49.8 Å². The minimum Gasteiger partial charge on any atom is -0.292 e. The molecule has 23 aromatic rings. The molecule has 8 aromatic heterocycles. The third-order valence-electron chi connectivity index (χ3n) is 22.9. The Balaban J connectivity index is 0.000000148. The summed E-state index contributed by atoms with van der Waals surface area (Å²) < 4.78 is 4.52. The highest BCUT2D eigenvalue weighted by Crippen LogP contribution is 2.44. The summed E-state index contributed by atoms with van der Waals surface area (Å²) in [6, 6.07) is 150. The lowest BCUT2D eigenvalue weighted by atomic mass is 9.97. The largest absolute Gasteiger partial charge is 0.292 e. The van der Waals surface area contributed by atoms with E-state index in [-0.39, 0.29) is 0 Å². The Kier molecular flexibility index (Phi) is 19.0. The summed E-state index contributed by atoms with van der Waals surface area (Å²) in [6.45, 7) is 0. The molecule has 0 aliphatic carbocycles. The smallest absolute Gasteiger partial charge is 0.160 e. The van der Waals surface area contributed by atoms with Crippen LogP contribution in [-0.2, 0) is 0 Å². The van der Waals surface area contributed by atoms with E-state index in [1.165, 1.54) is 5.56 Å². The third kappa shape index (κ3) is 14.0. The molecule has 0 spiro atoms. The topological polar surface area (TPSA) is 139 Å². The van der Waals surface area contributed by atoms with Crippen LogP contribution in [0.5, 0.6) is 0 Å². The predicted molar refractivity (Wildman–Crippen MR) is 505 cm³/mol. The van der Waals surface area contributed by atoms with Crippen molar-refractivity contribution >= 4 is 65.4 Å². The summed E-state index contributed by atoms with van der Waals surface area (Å²) in [5.74, 6) is 3.07. The number of hydrogen-bond acceptors (Lipinski definition) is 10. The molecule has 124 heavy (non-hydrogen) atoms. The second-order valence-corrected chi connectivity index (χ2v) is 30.5. The Morgan fingerprint density at radius 2 is 0.452 bits per heavy atom. The Labute approximate surface area is 714 Å². The van der Waals surface area contributed by atoms with Crippen molar-refractivity contribution in [3.63, 3.8) is 0 Å². The van der Waals surface area contributed by atoms with E-state index in [0.29, 0.717) is 11.6 Å². The molecule has 0 amide bonds. The van der Waals surface area contributed by atoms with Gasteiger partial charge in [0, 0.05) is 88.6 Å². The fourth-order valence-electron chi connectivity index (χ4n) is 16.9. The van der Waals surface area contributed by atoms with Gasteiger partial charge in [-0.25, -0.2) is 49.8 Å². The first-order valence-corrected chi connectivity index (χ1v) is 41.4. The monoisotopic (exact) mass is 1580 g/mol. The van der Waals surface area contributed by atoms with Gasteiger partial charge >= 0.3 is 0 Å². The van der Waals surface area contributed by atoms with Crippen molar-refractivity contribution in [1.82, 2.24) is 59.0 Å². The molecule has 0 bridgehead atoms. The van der Waals surface area contributed by atoms with Gasteiger partial charge in [-0.3, -0.25) is 9.13 Å². The van der Waals surface area contributed by atoms with Gasteiger partial charge in [0.15, 0.2) is 11.6 Å². The molecule has 12 heteroatoms. The summed E-state index contributed by atoms with van der Waals surface area (Å²) in [5, 5.41) is 6.45. The zero-order chi connectivity index (χ0) is 82.2. The molecule has 0 aliphatic rings. The van der Waals surface area contributed by atoms with Gasteiger partial charge in [-0.05, 0) is 107 Å². The number of fused-ring (bicyclic) bond motifs is 10. The second kappa shape index (κ2) is 32.1. The molecule has 0 radical (unpaired) electrons. The molecule has 0 aliphatic heterocycles. The Morgan fingerprint density at radius 1 is 0.161 bits per heavy atom. The number of rotatable bonds is 15. The van der Waals surface area contributed by atoms with Gasteiger partial charge in [0.05, 0.1) is 90.0 Å². The molecular weight excluding hydrogens is 1510 g/mol. The summed E-state index contributed by atoms with van der Waals surface area (Å²) in [7, 11) is 0. The molecular formula is C112H72N12. The first-order chi connectivity index (χ1) is 61.5. The van der Waals surface area contributed by atoms with E-state index in [1.54, 1.807) is 0 Å². The Hall–Kier alpha value is -17.0. The molecule has 15 aromatic carbocycles. The van der Waals surface area contributed by atoms with Crippen LogP contribution in [0.1, 0.15) is 0 Å². The van der Waals surface area contributed by atoms with E-state index in [1.807, 2.05) is 164 Å². The molecule has 0 saturated heterocycles. The van der Waals surface area contributed by atoms with E-state index < -0.39 is 0 Å². The van der Waals surface area contributed by atoms with E-state index in [2.05, 4.69) is 282 Å². The van der Waals surface area contributed by atoms with E-state index in [9.17, 15) is 0 Å². The lowest BCUT2D eigenvalue weighted by Crippen LogP contribution is -1.97. The first-order valence-electron chi connectivity index (χ1n) is 41.4. The standard InChI is InChI=1S/C59H38N6.C53H34N6/c1-5-16-39(17-6-1)40-28-30-42(31-29-40)52-38-53(63-58(62-52)44-18-7-2-8-19-44)51-27-15-26-49(60-51)41-32-34-43(35-33-41)56-55-48(47-24-13-14-25-50(47)61-56)36-37-54-57(55)64-59(45-20-9-3-10-21-45)65(54)46-22-11-4-12-23-46;1-5-16-35(17-6-1)46-34-47(57-52(56-46)38-18-7-2-8-19-38)45-27-15-26-43(54-45)36-28-30-37(31-29-36)50-49-42(41-24-13-14-25-44(41)55-50)32-33-48-51(49)58-53(39-20-9-3-10-21-39)59(48)40-22-11-4-12-23-40/h1-38H;1-34H. The maximum Gasteiger partial charge on any atom is 0.160 e. The lowest BCUT2D eigenvalue weighted by Gasteiger charge is -2.13. The minimum atomic E-state index is 0.649. The zero-order valence-electron chi connectivity index (χ0n) is 66.9. The highest BCUT2D eigenvalue weighted by molar-refractivity contribution is 6.22. The average Bonchev–Trinajstić information content (AvgIpc) is 1.53. The van der Waals surface area contributed by atoms with Gasteiger partial charge in [0.2, 0.25) is 0 Å². The molecule has 0 unspecified atom stereocenters. The van der Waals surface area contributed by atoms with Crippen molar-refractivity contribution in [1.29, 1.82) is 0 Å². The molecule has 0 fully saturated rings. The van der Waals surface area contributed by atoms with Crippen molar-refractivity contribution in [2.45, 2.75) is 0 Å². The Bertz CT molecular complexity index is 7840. The van der Waals surface area contributed by atoms with Gasteiger partial charge in [-0.1, -0.05) is 352 Å². The summed E-state index contributed by atoms with van der Waals surface area (Å²) in [5.41, 5.74) is 28.3. The zero-order valence-corrected chi connectivity index (χ0v) is 66.9. The number of benzene rings is 15. The van der Waals surface area contributed by atoms with Crippen LogP contribution in [0.2, 0.25) is 0 Å². The predicted octanol–water partition coefficient (Wildman–Crippen LogP) is 27.5. The number of imidazole rings is 2. The molecule has 0 atom stereocenters. The summed E-state index contributed by atoms with van der Waals surface area (Å²) in [4.78, 5) is 52.1. The average molecular weight is 1590 g/mol. The van der Waals surface area contributed by atoms with E-state index >= 15 is 0 Å². The van der Waals surface area contributed by atoms with Gasteiger partial charge < -0.3 is 0 Å². The van der Waals surface area contributed by atoms with Crippen LogP contribution in [0.15, 0.2) is 437 Å². The second-order valence-electron chi connectivity index (χ2n) is 30.5. The van der Waals surface area contributed by atoms with Crippen LogP contribution in [0, 0.1) is 0 Å². The van der Waals surface area contributed by atoms with Crippen LogP contribution in [0.4, 0.5) is 0 Å². The normalized spacial score (nSPS) is 11.4. The summed E-state index contributed by atoms with van der Waals surface area (Å²) in [6.07, 6.45) is 0. The van der Waals surface area contributed by atoms with Crippen molar-refractivity contribution in [3.05, 3.63) is 437 Å². The molecule has 0 N–H and O–H groups in total. The number of pyridine rings is 4. The number of aromatic nitrogens is 12. The van der Waals surface area contributed by atoms with Gasteiger partial charge in [0.25, 0.3) is 0 Å². The van der Waals surface area contributed by atoms with Gasteiger partial charge in [0.1, 0.15) is 11.6 Å². The van der Waals surface area contributed by atoms with Crippen molar-refractivity contribution in [3.8, 4) is 158 Å². The number of hydrogen-bond donors (Lipinski definition) is 0. The van der Waals surface area contributed by atoms with Crippen molar-refractivity contribution in [2.75, 3.05) is 0 Å². The fraction of sp³-hybridized carbons (Fsp3) is 0. The highest BCUT2D eigenvalue weighted by atomic mass is 15.1. The first kappa shape index (κ1) is 73.4. The third-order valence-corrected chi connectivity index (χ3v) is 22.9. The van der Waals surface area contributed by atoms with Crippen LogP contribution >= 0.6 is 0 Å². The lowest BCUT2D eigenvalue weighted by molar-refractivity contribution is 1.10. The van der Waals surface area contributed by atoms with Gasteiger partial charge in [-0.2, -0.15) is 0 Å². The maximum atomic E-state index is 5.45. The van der Waals surface area contributed by atoms with Crippen LogP contribution in [0.3, 0.4) is 0 Å². The number of para-hydroxylation sites is 4. The van der Waals surface area contributed by atoms with E-state index in [0.717, 1.165) is 207 Å². The SMILES string of the molecule is c1ccc(-c2cc(-c3cccc(-c4ccc(-c5nc6ccccc6c6ccc7c(nc(-c8ccccc8)n7-c7ccccc7)c56)cc4)n3)nc(-c3ccccc3)n2)cc1.c1ccc(-c2ccc(-c3cc(-c4cccc(-c5ccc(-c6nc7ccccc7c7ccc8c(nc(-c9ccccc9)n8-c8ccccc8)c67)cc5)n4)nc(-c4ccccc4)n3)cc2)cc1. The fourth-order valence-corrected chi connectivity index (χ4v) is 16.9. The minimum absolute atomic E-state index is 0.649. The van der Waals surface area contributed by atoms with Gasteiger partial charge in [-0.15, -0.1) is 0 Å². The van der Waals surface area contributed by atoms with Crippen LogP contribution < -0.4 is 0 Å². The Morgan fingerprint density at radius 3 is 0.847 bits per heavy atom. The summed E-state index contributed by atoms with van der Waals surface area (Å²) >= 11 is 0. The molecule has 580 valence electrons. The molecule has 0 saturated carbocycles. The van der Waals surface area contributed by atoms with Crippen LogP contribution in [-0.4, -0.2) is 59.0 Å². The quantitative estimate of drug-likeness (QED) is 0.0912. The molecule has 23 rings (SSSR count). The van der Waals surface area contributed by atoms with Crippen molar-refractivity contribution < 1.29 is 0 Å². The highest BCUT2D eigenvalue weighted by Gasteiger charge is 2.25. The maximum absolute atomic E-state index is 5.45. The van der Waals surface area contributed by atoms with Crippen LogP contribution in [0.25, 0.3) is 224 Å². The molecule has 12 nitrogen and oxygen atoms in total.